The molecule has 1 aromatic carbocycles. The van der Waals surface area contributed by atoms with E-state index >= 15 is 0 Å². The van der Waals surface area contributed by atoms with Crippen molar-refractivity contribution in [3.8, 4) is 0 Å². The van der Waals surface area contributed by atoms with Gasteiger partial charge in [-0.05, 0) is 18.2 Å². The number of aliphatic hydroxyl groups excluding tert-OH is 1. The van der Waals surface area contributed by atoms with Crippen LogP contribution in [0.25, 0.3) is 0 Å². The van der Waals surface area contributed by atoms with Crippen LogP contribution < -0.4 is 11.1 Å². The molecule has 1 rings (SSSR count). The second-order valence-corrected chi connectivity index (χ2v) is 3.17. The zero-order chi connectivity index (χ0) is 12.3. The van der Waals surface area contributed by atoms with E-state index in [-0.39, 0.29) is 11.4 Å². The van der Waals surface area contributed by atoms with Gasteiger partial charge in [0.15, 0.2) is 6.10 Å². The predicted octanol–water partition coefficient (Wildman–Crippen LogP) is 1.74. The highest BCUT2D eigenvalue weighted by Gasteiger charge is 2.37. The van der Waals surface area contributed by atoms with Crippen LogP contribution in [0.1, 0.15) is 0 Å². The van der Waals surface area contributed by atoms with Gasteiger partial charge in [0.1, 0.15) is 5.82 Å². The summed E-state index contributed by atoms with van der Waals surface area (Å²) in [6.45, 7) is -0.781. The molecule has 1 atom stereocenters. The van der Waals surface area contributed by atoms with Gasteiger partial charge in [0.2, 0.25) is 0 Å². The fraction of sp³-hybridized carbons (Fsp3) is 0.333. The minimum atomic E-state index is -4.71. The average molecular weight is 238 g/mol. The van der Waals surface area contributed by atoms with E-state index in [0.29, 0.717) is 0 Å². The molecule has 0 amide bonds. The van der Waals surface area contributed by atoms with Crippen molar-refractivity contribution in [3.63, 3.8) is 0 Å². The minimum absolute atomic E-state index is 0.0169. The molecule has 7 heteroatoms. The van der Waals surface area contributed by atoms with Crippen LogP contribution in [0.4, 0.5) is 28.9 Å². The Bertz CT molecular complexity index is 367. The zero-order valence-electron chi connectivity index (χ0n) is 8.05. The molecule has 0 aliphatic rings. The van der Waals surface area contributed by atoms with E-state index < -0.39 is 24.6 Å². The molecule has 0 spiro atoms. The number of alkyl halides is 3. The number of nitrogen functional groups attached to an aromatic ring is 1. The Balaban J connectivity index is 2.64. The molecule has 0 radical (unpaired) electrons. The highest BCUT2D eigenvalue weighted by atomic mass is 19.4. The molecule has 16 heavy (non-hydrogen) atoms. The van der Waals surface area contributed by atoms with Crippen LogP contribution in [-0.2, 0) is 0 Å². The number of aliphatic hydroxyl groups is 1. The number of anilines is 2. The fourth-order valence-electron chi connectivity index (χ4n) is 1.00. The van der Waals surface area contributed by atoms with E-state index in [1.54, 1.807) is 0 Å². The number of halogens is 4. The van der Waals surface area contributed by atoms with E-state index in [4.69, 9.17) is 10.8 Å². The van der Waals surface area contributed by atoms with E-state index in [0.717, 1.165) is 12.1 Å². The van der Waals surface area contributed by atoms with Crippen LogP contribution in [0.2, 0.25) is 0 Å². The van der Waals surface area contributed by atoms with Crippen molar-refractivity contribution >= 4 is 11.4 Å². The molecule has 1 unspecified atom stereocenters. The third-order valence-electron chi connectivity index (χ3n) is 1.88. The maximum Gasteiger partial charge on any atom is 0.416 e. The number of benzene rings is 1. The second-order valence-electron chi connectivity index (χ2n) is 3.17. The third kappa shape index (κ3) is 3.27. The first-order chi connectivity index (χ1) is 7.30. The van der Waals surface area contributed by atoms with Gasteiger partial charge in [0.25, 0.3) is 0 Å². The smallest absolute Gasteiger partial charge is 0.397 e. The van der Waals surface area contributed by atoms with Crippen molar-refractivity contribution in [3.05, 3.63) is 24.0 Å². The largest absolute Gasteiger partial charge is 0.416 e. The minimum Gasteiger partial charge on any atom is -0.397 e. The molecule has 1 aromatic rings. The SMILES string of the molecule is Nc1ccc(F)cc1NCC(O)C(F)(F)F. The van der Waals surface area contributed by atoms with Gasteiger partial charge in [-0.25, -0.2) is 4.39 Å². The molecule has 3 nitrogen and oxygen atoms in total. The Morgan fingerprint density at radius 3 is 2.56 bits per heavy atom. The molecule has 90 valence electrons. The van der Waals surface area contributed by atoms with Crippen LogP contribution in [0, 0.1) is 5.82 Å². The lowest BCUT2D eigenvalue weighted by Crippen LogP contribution is -2.35. The first kappa shape index (κ1) is 12.6. The van der Waals surface area contributed by atoms with Crippen LogP contribution in [0.3, 0.4) is 0 Å². The fourth-order valence-corrected chi connectivity index (χ4v) is 1.00. The third-order valence-corrected chi connectivity index (χ3v) is 1.88. The highest BCUT2D eigenvalue weighted by molar-refractivity contribution is 5.65. The Kier molecular flexibility index (Phi) is 3.58. The van der Waals surface area contributed by atoms with Crippen molar-refractivity contribution in [1.29, 1.82) is 0 Å². The molecule has 0 saturated heterocycles. The molecule has 0 aliphatic carbocycles. The maximum absolute atomic E-state index is 12.7. The number of hydrogen-bond donors (Lipinski definition) is 3. The monoisotopic (exact) mass is 238 g/mol. The van der Waals surface area contributed by atoms with Crippen molar-refractivity contribution < 1.29 is 22.7 Å². The van der Waals surface area contributed by atoms with Crippen LogP contribution in [-0.4, -0.2) is 23.9 Å². The summed E-state index contributed by atoms with van der Waals surface area (Å²) in [5.74, 6) is -0.627. The number of nitrogens with one attached hydrogen (secondary N) is 1. The standard InChI is InChI=1S/C9H10F4N2O/c10-5-1-2-6(14)7(3-5)15-4-8(16)9(11,12)13/h1-3,8,15-16H,4,14H2. The van der Waals surface area contributed by atoms with E-state index in [1.807, 2.05) is 0 Å². The molecule has 0 aromatic heterocycles. The second kappa shape index (κ2) is 4.56. The first-order valence-corrected chi connectivity index (χ1v) is 4.34. The Morgan fingerprint density at radius 2 is 2.00 bits per heavy atom. The van der Waals surface area contributed by atoms with Crippen LogP contribution in [0.15, 0.2) is 18.2 Å². The van der Waals surface area contributed by atoms with Gasteiger partial charge in [-0.1, -0.05) is 0 Å². The molecule has 0 aliphatic heterocycles. The molecule has 0 bridgehead atoms. The van der Waals surface area contributed by atoms with Gasteiger partial charge in [0, 0.05) is 6.54 Å². The topological polar surface area (TPSA) is 58.3 Å². The van der Waals surface area contributed by atoms with Gasteiger partial charge in [-0.3, -0.25) is 0 Å². The highest BCUT2D eigenvalue weighted by Crippen LogP contribution is 2.23. The summed E-state index contributed by atoms with van der Waals surface area (Å²) in [5.41, 5.74) is 5.52. The average Bonchev–Trinajstić information content (AvgIpc) is 2.17. The summed E-state index contributed by atoms with van der Waals surface area (Å²) in [6.07, 6.45) is -7.23. The molecule has 0 heterocycles. The van der Waals surface area contributed by atoms with Gasteiger partial charge < -0.3 is 16.2 Å². The normalized spacial score (nSPS) is 13.6. The Hall–Kier alpha value is -1.50. The summed E-state index contributed by atoms with van der Waals surface area (Å²) in [7, 11) is 0. The van der Waals surface area contributed by atoms with E-state index in [2.05, 4.69) is 5.32 Å². The van der Waals surface area contributed by atoms with Crippen molar-refractivity contribution in [2.24, 2.45) is 0 Å². The number of nitrogens with two attached hydrogens (primary N) is 1. The summed E-state index contributed by atoms with van der Waals surface area (Å²) in [4.78, 5) is 0. The van der Waals surface area contributed by atoms with E-state index in [1.165, 1.54) is 6.07 Å². The summed E-state index contributed by atoms with van der Waals surface area (Å²) in [5, 5.41) is 10.9. The quantitative estimate of drug-likeness (QED) is 0.555. The lowest BCUT2D eigenvalue weighted by atomic mass is 10.2. The maximum atomic E-state index is 12.7. The zero-order valence-corrected chi connectivity index (χ0v) is 8.05. The van der Waals surface area contributed by atoms with Gasteiger partial charge in [-0.15, -0.1) is 0 Å². The summed E-state index contributed by atoms with van der Waals surface area (Å²) < 4.78 is 48.5. The Morgan fingerprint density at radius 1 is 1.38 bits per heavy atom. The predicted molar refractivity (Wildman–Crippen MR) is 51.4 cm³/mol. The van der Waals surface area contributed by atoms with Gasteiger partial charge >= 0.3 is 6.18 Å². The van der Waals surface area contributed by atoms with Gasteiger partial charge in [0.05, 0.1) is 11.4 Å². The molecule has 0 saturated carbocycles. The number of rotatable bonds is 3. The van der Waals surface area contributed by atoms with Crippen LogP contribution in [0.5, 0.6) is 0 Å². The lowest BCUT2D eigenvalue weighted by molar-refractivity contribution is -0.198. The van der Waals surface area contributed by atoms with Crippen molar-refractivity contribution in [2.75, 3.05) is 17.6 Å². The van der Waals surface area contributed by atoms with Gasteiger partial charge in [-0.2, -0.15) is 13.2 Å². The van der Waals surface area contributed by atoms with Crippen molar-refractivity contribution in [2.45, 2.75) is 12.3 Å². The number of hydrogen-bond acceptors (Lipinski definition) is 3. The van der Waals surface area contributed by atoms with Crippen molar-refractivity contribution in [1.82, 2.24) is 0 Å². The summed E-state index contributed by atoms with van der Waals surface area (Å²) >= 11 is 0. The molecular formula is C9H10F4N2O. The van der Waals surface area contributed by atoms with E-state index in [9.17, 15) is 17.6 Å². The summed E-state index contributed by atoms with van der Waals surface area (Å²) in [6, 6.07) is 3.26. The molecule has 0 fully saturated rings. The molecular weight excluding hydrogens is 228 g/mol. The molecule has 4 N–H and O–H groups in total. The lowest BCUT2D eigenvalue weighted by Gasteiger charge is -2.16. The van der Waals surface area contributed by atoms with Crippen LogP contribution >= 0.6 is 0 Å². The first-order valence-electron chi connectivity index (χ1n) is 4.34. The Labute approximate surface area is 88.9 Å².